The highest BCUT2D eigenvalue weighted by molar-refractivity contribution is 8.00. The normalized spacial score (nSPS) is 10.4. The Morgan fingerprint density at radius 2 is 1.66 bits per heavy atom. The molecule has 3 aromatic rings. The van der Waals surface area contributed by atoms with Gasteiger partial charge in [0.15, 0.2) is 11.5 Å². The molecule has 6 nitrogen and oxygen atoms in total. The zero-order valence-corrected chi connectivity index (χ0v) is 19.5. The predicted molar refractivity (Wildman–Crippen MR) is 129 cm³/mol. The van der Waals surface area contributed by atoms with Gasteiger partial charge in [-0.25, -0.2) is 0 Å². The minimum atomic E-state index is -0.276. The van der Waals surface area contributed by atoms with Crippen molar-refractivity contribution in [3.8, 4) is 11.5 Å². The molecule has 3 rings (SSSR count). The molecule has 0 aliphatic rings. The lowest BCUT2D eigenvalue weighted by atomic mass is 10.2. The zero-order valence-electron chi connectivity index (χ0n) is 17.9. The summed E-state index contributed by atoms with van der Waals surface area (Å²) in [5.41, 5.74) is 2.67. The second-order valence-corrected chi connectivity index (χ2v) is 8.31. The molecule has 2 N–H and O–H groups in total. The lowest BCUT2D eigenvalue weighted by Gasteiger charge is -2.11. The minimum absolute atomic E-state index is 0.144. The number of methoxy groups -OCH3 is 2. The summed E-state index contributed by atoms with van der Waals surface area (Å²) in [5, 5.41) is 6.30. The van der Waals surface area contributed by atoms with E-state index in [2.05, 4.69) is 10.6 Å². The van der Waals surface area contributed by atoms with Crippen molar-refractivity contribution >= 4 is 46.6 Å². The van der Waals surface area contributed by atoms with Crippen molar-refractivity contribution in [3.63, 3.8) is 0 Å². The van der Waals surface area contributed by atoms with Gasteiger partial charge >= 0.3 is 0 Å². The number of amides is 2. The summed E-state index contributed by atoms with van der Waals surface area (Å²) in [4.78, 5) is 25.8. The predicted octanol–water partition coefficient (Wildman–Crippen LogP) is 5.65. The summed E-state index contributed by atoms with van der Waals surface area (Å²) < 4.78 is 10.5. The molecule has 0 aliphatic carbocycles. The lowest BCUT2D eigenvalue weighted by Crippen LogP contribution is -2.14. The van der Waals surface area contributed by atoms with Crippen molar-refractivity contribution in [2.75, 3.05) is 30.6 Å². The second-order valence-electron chi connectivity index (χ2n) is 6.85. The van der Waals surface area contributed by atoms with E-state index in [4.69, 9.17) is 21.1 Å². The van der Waals surface area contributed by atoms with E-state index < -0.39 is 0 Å². The van der Waals surface area contributed by atoms with Gasteiger partial charge < -0.3 is 20.1 Å². The molecule has 32 heavy (non-hydrogen) atoms. The molecule has 0 saturated heterocycles. The number of nitrogens with one attached hydrogen (secondary N) is 2. The maximum absolute atomic E-state index is 12.6. The number of anilines is 2. The third kappa shape index (κ3) is 6.18. The van der Waals surface area contributed by atoms with Crippen LogP contribution < -0.4 is 20.1 Å². The van der Waals surface area contributed by atoms with Gasteiger partial charge in [0.2, 0.25) is 5.91 Å². The van der Waals surface area contributed by atoms with Gasteiger partial charge in [0.1, 0.15) is 0 Å². The van der Waals surface area contributed by atoms with Gasteiger partial charge in [-0.1, -0.05) is 23.7 Å². The Hall–Kier alpha value is -3.16. The van der Waals surface area contributed by atoms with Crippen LogP contribution in [-0.2, 0) is 4.79 Å². The highest BCUT2D eigenvalue weighted by Crippen LogP contribution is 2.28. The van der Waals surface area contributed by atoms with Gasteiger partial charge in [0.25, 0.3) is 5.91 Å². The first-order valence-electron chi connectivity index (χ1n) is 9.72. The Labute approximate surface area is 196 Å². The van der Waals surface area contributed by atoms with Crippen molar-refractivity contribution in [2.45, 2.75) is 11.8 Å². The highest BCUT2D eigenvalue weighted by atomic mass is 35.5. The standard InChI is InChI=1S/C24H23ClN2O4S/c1-15-7-9-18(13-20(15)25)26-23(28)14-32-19-6-4-5-17(12-19)27-24(29)16-8-10-21(30-2)22(11-16)31-3/h4-13H,14H2,1-3H3,(H,26,28)(H,27,29). The zero-order chi connectivity index (χ0) is 23.1. The molecule has 0 saturated carbocycles. The molecule has 0 radical (unpaired) electrons. The van der Waals surface area contributed by atoms with E-state index in [-0.39, 0.29) is 17.6 Å². The molecule has 0 aliphatic heterocycles. The van der Waals surface area contributed by atoms with Gasteiger partial charge in [-0.15, -0.1) is 11.8 Å². The third-order valence-corrected chi connectivity index (χ3v) is 5.96. The molecule has 2 amide bonds. The van der Waals surface area contributed by atoms with Crippen LogP contribution in [0.4, 0.5) is 11.4 Å². The fourth-order valence-electron chi connectivity index (χ4n) is 2.86. The maximum Gasteiger partial charge on any atom is 0.255 e. The van der Waals surface area contributed by atoms with Crippen LogP contribution in [0.5, 0.6) is 11.5 Å². The minimum Gasteiger partial charge on any atom is -0.493 e. The van der Waals surface area contributed by atoms with Crippen molar-refractivity contribution in [2.24, 2.45) is 0 Å². The van der Waals surface area contributed by atoms with Crippen LogP contribution >= 0.6 is 23.4 Å². The molecule has 0 bridgehead atoms. The smallest absolute Gasteiger partial charge is 0.255 e. The van der Waals surface area contributed by atoms with Crippen molar-refractivity contribution in [1.82, 2.24) is 0 Å². The van der Waals surface area contributed by atoms with E-state index in [1.807, 2.05) is 37.3 Å². The number of benzene rings is 3. The van der Waals surface area contributed by atoms with E-state index in [9.17, 15) is 9.59 Å². The fourth-order valence-corrected chi connectivity index (χ4v) is 3.80. The number of carbonyl (C=O) groups is 2. The Kier molecular flexibility index (Phi) is 8.03. The van der Waals surface area contributed by atoms with Crippen LogP contribution in [0.3, 0.4) is 0 Å². The van der Waals surface area contributed by atoms with E-state index in [0.29, 0.717) is 33.5 Å². The van der Waals surface area contributed by atoms with E-state index in [0.717, 1.165) is 10.5 Å². The monoisotopic (exact) mass is 470 g/mol. The Bertz CT molecular complexity index is 1140. The number of ether oxygens (including phenoxy) is 2. The molecule has 0 heterocycles. The van der Waals surface area contributed by atoms with Crippen LogP contribution in [0.25, 0.3) is 0 Å². The van der Waals surface area contributed by atoms with Crippen LogP contribution in [0.2, 0.25) is 5.02 Å². The maximum atomic E-state index is 12.6. The van der Waals surface area contributed by atoms with Crippen LogP contribution in [0.1, 0.15) is 15.9 Å². The Morgan fingerprint density at radius 1 is 0.906 bits per heavy atom. The van der Waals surface area contributed by atoms with Crippen molar-refractivity contribution < 1.29 is 19.1 Å². The van der Waals surface area contributed by atoms with E-state index in [1.165, 1.54) is 26.0 Å². The summed E-state index contributed by atoms with van der Waals surface area (Å²) in [5.74, 6) is 0.828. The van der Waals surface area contributed by atoms with Crippen LogP contribution in [0.15, 0.2) is 65.6 Å². The summed E-state index contributed by atoms with van der Waals surface area (Å²) >= 11 is 7.47. The molecular weight excluding hydrogens is 448 g/mol. The average molecular weight is 471 g/mol. The van der Waals surface area contributed by atoms with Crippen molar-refractivity contribution in [1.29, 1.82) is 0 Å². The topological polar surface area (TPSA) is 76.7 Å². The molecule has 0 atom stereocenters. The van der Waals surface area contributed by atoms with Crippen molar-refractivity contribution in [3.05, 3.63) is 76.8 Å². The highest BCUT2D eigenvalue weighted by Gasteiger charge is 2.12. The third-order valence-electron chi connectivity index (χ3n) is 4.56. The van der Waals surface area contributed by atoms with E-state index in [1.54, 1.807) is 30.3 Å². The molecule has 0 fully saturated rings. The first-order valence-corrected chi connectivity index (χ1v) is 11.1. The first-order chi connectivity index (χ1) is 15.4. The summed E-state index contributed by atoms with van der Waals surface area (Å²) in [6, 6.07) is 17.7. The molecular formula is C24H23ClN2O4S. The molecule has 166 valence electrons. The average Bonchev–Trinajstić information content (AvgIpc) is 2.80. The summed E-state index contributed by atoms with van der Waals surface area (Å²) in [6.07, 6.45) is 0. The Morgan fingerprint density at radius 3 is 2.38 bits per heavy atom. The number of hydrogen-bond donors (Lipinski definition) is 2. The fraction of sp³-hybridized carbons (Fsp3) is 0.167. The van der Waals surface area contributed by atoms with Gasteiger partial charge in [0.05, 0.1) is 20.0 Å². The van der Waals surface area contributed by atoms with Crippen LogP contribution in [-0.4, -0.2) is 31.8 Å². The van der Waals surface area contributed by atoms with Gasteiger partial charge in [0, 0.05) is 26.9 Å². The molecule has 0 aromatic heterocycles. The SMILES string of the molecule is COc1ccc(C(=O)Nc2cccc(SCC(=O)Nc3ccc(C)c(Cl)c3)c2)cc1OC. The first kappa shape index (κ1) is 23.5. The lowest BCUT2D eigenvalue weighted by molar-refractivity contribution is -0.113. The summed E-state index contributed by atoms with van der Waals surface area (Å²) in [7, 11) is 3.06. The Balaban J connectivity index is 1.59. The molecule has 0 spiro atoms. The van der Waals surface area contributed by atoms with Gasteiger partial charge in [-0.05, 0) is 61.0 Å². The number of rotatable bonds is 8. The van der Waals surface area contributed by atoms with E-state index >= 15 is 0 Å². The van der Waals surface area contributed by atoms with Gasteiger partial charge in [-0.3, -0.25) is 9.59 Å². The second kappa shape index (κ2) is 10.9. The molecule has 3 aromatic carbocycles. The largest absolute Gasteiger partial charge is 0.493 e. The number of halogens is 1. The molecule has 8 heteroatoms. The quantitative estimate of drug-likeness (QED) is 0.416. The summed E-state index contributed by atoms with van der Waals surface area (Å²) in [6.45, 7) is 1.90. The van der Waals surface area contributed by atoms with Gasteiger partial charge in [-0.2, -0.15) is 0 Å². The number of hydrogen-bond acceptors (Lipinski definition) is 5. The molecule has 0 unspecified atom stereocenters. The van der Waals surface area contributed by atoms with Crippen LogP contribution in [0, 0.1) is 6.92 Å². The number of aryl methyl sites for hydroxylation is 1. The number of thioether (sulfide) groups is 1. The number of carbonyl (C=O) groups excluding carboxylic acids is 2.